The summed E-state index contributed by atoms with van der Waals surface area (Å²) in [4.78, 5) is 12.0. The van der Waals surface area contributed by atoms with Gasteiger partial charge in [-0.15, -0.1) is 0 Å². The molecule has 0 bridgehead atoms. The summed E-state index contributed by atoms with van der Waals surface area (Å²) in [5.74, 6) is -0.140. The van der Waals surface area contributed by atoms with Gasteiger partial charge in [-0.3, -0.25) is 4.79 Å². The molecule has 0 radical (unpaired) electrons. The standard InChI is InChI=1S/C12H15BrClNOS/c1-12(2,17-3)7-15-11(16)9-6-8(13)4-5-10(9)14/h4-6H,7H2,1-3H3,(H,15,16). The van der Waals surface area contributed by atoms with Crippen molar-refractivity contribution in [1.82, 2.24) is 5.32 Å². The van der Waals surface area contributed by atoms with Gasteiger partial charge in [0.1, 0.15) is 0 Å². The highest BCUT2D eigenvalue weighted by molar-refractivity contribution is 9.10. The van der Waals surface area contributed by atoms with Crippen LogP contribution in [0.15, 0.2) is 22.7 Å². The van der Waals surface area contributed by atoms with Gasteiger partial charge in [-0.25, -0.2) is 0 Å². The number of hydrogen-bond acceptors (Lipinski definition) is 2. The van der Waals surface area contributed by atoms with E-state index < -0.39 is 0 Å². The van der Waals surface area contributed by atoms with Crippen molar-refractivity contribution in [3.05, 3.63) is 33.3 Å². The third-order valence-corrected chi connectivity index (χ3v) is 4.47. The van der Waals surface area contributed by atoms with E-state index in [0.29, 0.717) is 17.1 Å². The molecule has 0 atom stereocenters. The lowest BCUT2D eigenvalue weighted by Crippen LogP contribution is -2.36. The van der Waals surface area contributed by atoms with E-state index in [4.69, 9.17) is 11.6 Å². The SMILES string of the molecule is CSC(C)(C)CNC(=O)c1cc(Br)ccc1Cl. The minimum Gasteiger partial charge on any atom is -0.351 e. The van der Waals surface area contributed by atoms with Gasteiger partial charge in [0, 0.05) is 15.8 Å². The fraction of sp³-hybridized carbons (Fsp3) is 0.417. The Kier molecular flexibility index (Phi) is 5.35. The monoisotopic (exact) mass is 335 g/mol. The maximum Gasteiger partial charge on any atom is 0.252 e. The van der Waals surface area contributed by atoms with E-state index in [1.165, 1.54) is 0 Å². The van der Waals surface area contributed by atoms with Crippen LogP contribution in [0.2, 0.25) is 5.02 Å². The van der Waals surface area contributed by atoms with Crippen molar-refractivity contribution in [2.45, 2.75) is 18.6 Å². The van der Waals surface area contributed by atoms with E-state index in [2.05, 4.69) is 35.1 Å². The first-order chi connectivity index (χ1) is 7.85. The highest BCUT2D eigenvalue weighted by Gasteiger charge is 2.18. The molecule has 0 saturated heterocycles. The molecule has 0 aliphatic rings. The number of halogens is 2. The van der Waals surface area contributed by atoms with Crippen molar-refractivity contribution in [1.29, 1.82) is 0 Å². The highest BCUT2D eigenvalue weighted by Crippen LogP contribution is 2.22. The molecule has 0 aliphatic heterocycles. The number of carbonyl (C=O) groups excluding carboxylic acids is 1. The number of carbonyl (C=O) groups is 1. The smallest absolute Gasteiger partial charge is 0.252 e. The summed E-state index contributed by atoms with van der Waals surface area (Å²) >= 11 is 11.0. The van der Waals surface area contributed by atoms with Crippen LogP contribution in [0.3, 0.4) is 0 Å². The molecule has 0 aliphatic carbocycles. The van der Waals surface area contributed by atoms with Gasteiger partial charge >= 0.3 is 0 Å². The molecule has 1 amide bonds. The van der Waals surface area contributed by atoms with Crippen molar-refractivity contribution in [2.75, 3.05) is 12.8 Å². The second kappa shape index (κ2) is 6.12. The number of benzene rings is 1. The van der Waals surface area contributed by atoms with Gasteiger partial charge in [0.25, 0.3) is 5.91 Å². The molecule has 1 aromatic carbocycles. The normalized spacial score (nSPS) is 11.4. The summed E-state index contributed by atoms with van der Waals surface area (Å²) in [5, 5.41) is 3.36. The summed E-state index contributed by atoms with van der Waals surface area (Å²) in [5.41, 5.74) is 0.498. The molecular weight excluding hydrogens is 322 g/mol. The molecule has 17 heavy (non-hydrogen) atoms. The van der Waals surface area contributed by atoms with Crippen molar-refractivity contribution >= 4 is 45.2 Å². The van der Waals surface area contributed by atoms with Crippen molar-refractivity contribution in [3.63, 3.8) is 0 Å². The molecule has 94 valence electrons. The first-order valence-corrected chi connectivity index (χ1v) is 7.54. The molecule has 0 unspecified atom stereocenters. The summed E-state index contributed by atoms with van der Waals surface area (Å²) in [6.45, 7) is 4.77. The Hall–Kier alpha value is -0.190. The molecule has 0 spiro atoms. The Morgan fingerprint density at radius 3 is 2.76 bits per heavy atom. The first kappa shape index (κ1) is 14.9. The van der Waals surface area contributed by atoms with Crippen LogP contribution < -0.4 is 5.32 Å². The Bertz CT molecular complexity index is 423. The van der Waals surface area contributed by atoms with Crippen molar-refractivity contribution < 1.29 is 4.79 Å². The average Bonchev–Trinajstić information content (AvgIpc) is 2.29. The van der Waals surface area contributed by atoms with Gasteiger partial charge in [-0.1, -0.05) is 27.5 Å². The fourth-order valence-corrected chi connectivity index (χ4v) is 1.91. The van der Waals surface area contributed by atoms with Crippen LogP contribution in [0.4, 0.5) is 0 Å². The molecule has 2 nitrogen and oxygen atoms in total. The Labute approximate surface area is 120 Å². The maximum absolute atomic E-state index is 12.0. The van der Waals surface area contributed by atoms with Crippen LogP contribution in [0.25, 0.3) is 0 Å². The molecule has 0 fully saturated rings. The fourth-order valence-electron chi connectivity index (χ4n) is 1.13. The minimum absolute atomic E-state index is 0.0220. The van der Waals surface area contributed by atoms with Gasteiger partial charge in [0.05, 0.1) is 10.6 Å². The number of rotatable bonds is 4. The lowest BCUT2D eigenvalue weighted by Gasteiger charge is -2.22. The largest absolute Gasteiger partial charge is 0.351 e. The summed E-state index contributed by atoms with van der Waals surface area (Å²) in [6, 6.07) is 5.25. The topological polar surface area (TPSA) is 29.1 Å². The van der Waals surface area contributed by atoms with Crippen molar-refractivity contribution in [3.8, 4) is 0 Å². The van der Waals surface area contributed by atoms with E-state index in [9.17, 15) is 4.79 Å². The maximum atomic E-state index is 12.0. The lowest BCUT2D eigenvalue weighted by molar-refractivity contribution is 0.0951. The van der Waals surface area contributed by atoms with Gasteiger partial charge in [0.15, 0.2) is 0 Å². The molecule has 1 N–H and O–H groups in total. The molecule has 1 rings (SSSR count). The first-order valence-electron chi connectivity index (χ1n) is 5.14. The van der Waals surface area contributed by atoms with Crippen LogP contribution >= 0.6 is 39.3 Å². The van der Waals surface area contributed by atoms with E-state index in [1.54, 1.807) is 23.9 Å². The van der Waals surface area contributed by atoms with Gasteiger partial charge in [-0.2, -0.15) is 11.8 Å². The molecule has 5 heteroatoms. The minimum atomic E-state index is -0.140. The van der Waals surface area contributed by atoms with Crippen molar-refractivity contribution in [2.24, 2.45) is 0 Å². The summed E-state index contributed by atoms with van der Waals surface area (Å²) in [7, 11) is 0. The van der Waals surface area contributed by atoms with Crippen LogP contribution in [0, 0.1) is 0 Å². The van der Waals surface area contributed by atoms with Crippen LogP contribution in [-0.4, -0.2) is 23.5 Å². The van der Waals surface area contributed by atoms with E-state index in [1.807, 2.05) is 12.3 Å². The molecule has 1 aromatic rings. The van der Waals surface area contributed by atoms with Crippen LogP contribution in [-0.2, 0) is 0 Å². The number of nitrogens with one attached hydrogen (secondary N) is 1. The number of hydrogen-bond donors (Lipinski definition) is 1. The molecule has 0 saturated carbocycles. The second-order valence-corrected chi connectivity index (χ2v) is 7.11. The second-order valence-electron chi connectivity index (χ2n) is 4.27. The Balaban J connectivity index is 2.74. The summed E-state index contributed by atoms with van der Waals surface area (Å²) in [6.07, 6.45) is 2.03. The van der Waals surface area contributed by atoms with Gasteiger partial charge < -0.3 is 5.32 Å². The highest BCUT2D eigenvalue weighted by atomic mass is 79.9. The Morgan fingerprint density at radius 1 is 1.53 bits per heavy atom. The van der Waals surface area contributed by atoms with Gasteiger partial charge in [0.2, 0.25) is 0 Å². The van der Waals surface area contributed by atoms with E-state index in [-0.39, 0.29) is 10.7 Å². The van der Waals surface area contributed by atoms with Crippen LogP contribution in [0.5, 0.6) is 0 Å². The average molecular weight is 337 g/mol. The number of thioether (sulfide) groups is 1. The zero-order chi connectivity index (χ0) is 13.1. The van der Waals surface area contributed by atoms with E-state index >= 15 is 0 Å². The number of amides is 1. The van der Waals surface area contributed by atoms with E-state index in [0.717, 1.165) is 4.47 Å². The third kappa shape index (κ3) is 4.53. The zero-order valence-electron chi connectivity index (χ0n) is 10.0. The van der Waals surface area contributed by atoms with Gasteiger partial charge in [-0.05, 0) is 38.3 Å². The van der Waals surface area contributed by atoms with Crippen LogP contribution in [0.1, 0.15) is 24.2 Å². The zero-order valence-corrected chi connectivity index (χ0v) is 13.2. The third-order valence-electron chi connectivity index (χ3n) is 2.40. The Morgan fingerprint density at radius 2 is 2.18 bits per heavy atom. The molecular formula is C12H15BrClNOS. The molecule has 0 heterocycles. The summed E-state index contributed by atoms with van der Waals surface area (Å²) < 4.78 is 0.866. The molecule has 0 aromatic heterocycles. The lowest BCUT2D eigenvalue weighted by atomic mass is 10.2. The predicted octanol–water partition coefficient (Wildman–Crippen LogP) is 3.97. The quantitative estimate of drug-likeness (QED) is 0.901. The predicted molar refractivity (Wildman–Crippen MR) is 79.1 cm³/mol.